The second kappa shape index (κ2) is 7.89. The van der Waals surface area contributed by atoms with Gasteiger partial charge in [0.25, 0.3) is 0 Å². The maximum Gasteiger partial charge on any atom is 0.333 e. The minimum Gasteiger partial charge on any atom is -0.478 e. The van der Waals surface area contributed by atoms with Crippen molar-refractivity contribution in [2.45, 2.75) is 20.5 Å². The molecule has 5 heteroatoms. The second-order valence-electron chi connectivity index (χ2n) is 3.52. The standard InChI is InChI=1S/C9H10O3.C4H6O2/c1-7(2)9(10)12-6-8-4-3-5-11-8;1-3(2)4(5)6/h3-5H,1,6H2,2H3;1H2,2H3,(H,5,6). The summed E-state index contributed by atoms with van der Waals surface area (Å²) < 4.78 is 9.77. The average molecular weight is 252 g/mol. The number of hydrogen-bond donors (Lipinski definition) is 1. The molecule has 0 spiro atoms. The number of ether oxygens (including phenoxy) is 1. The molecule has 1 aromatic rings. The van der Waals surface area contributed by atoms with Gasteiger partial charge < -0.3 is 14.3 Å². The Kier molecular flexibility index (Phi) is 6.88. The summed E-state index contributed by atoms with van der Waals surface area (Å²) in [5.41, 5.74) is 0.566. The van der Waals surface area contributed by atoms with Crippen molar-refractivity contribution < 1.29 is 23.8 Å². The first kappa shape index (κ1) is 15.7. The molecule has 0 aliphatic carbocycles. The van der Waals surface area contributed by atoms with E-state index < -0.39 is 11.9 Å². The summed E-state index contributed by atoms with van der Waals surface area (Å²) in [7, 11) is 0. The molecule has 18 heavy (non-hydrogen) atoms. The van der Waals surface area contributed by atoms with Crippen molar-refractivity contribution in [1.29, 1.82) is 0 Å². The largest absolute Gasteiger partial charge is 0.478 e. The summed E-state index contributed by atoms with van der Waals surface area (Å²) in [5.74, 6) is -0.703. The molecule has 0 radical (unpaired) electrons. The van der Waals surface area contributed by atoms with E-state index in [4.69, 9.17) is 14.3 Å². The highest BCUT2D eigenvalue weighted by Crippen LogP contribution is 2.03. The van der Waals surface area contributed by atoms with E-state index in [0.717, 1.165) is 0 Å². The summed E-state index contributed by atoms with van der Waals surface area (Å²) >= 11 is 0. The van der Waals surface area contributed by atoms with E-state index in [2.05, 4.69) is 13.2 Å². The van der Waals surface area contributed by atoms with E-state index in [1.165, 1.54) is 13.2 Å². The number of carboxylic acid groups (broad SMARTS) is 1. The molecule has 0 amide bonds. The molecule has 0 saturated carbocycles. The number of esters is 1. The lowest BCUT2D eigenvalue weighted by atomic mass is 10.4. The van der Waals surface area contributed by atoms with Gasteiger partial charge in [-0.3, -0.25) is 0 Å². The van der Waals surface area contributed by atoms with Gasteiger partial charge in [0.15, 0.2) is 0 Å². The lowest BCUT2D eigenvalue weighted by molar-refractivity contribution is -0.140. The fourth-order valence-electron chi connectivity index (χ4n) is 0.655. The first-order valence-electron chi connectivity index (χ1n) is 5.08. The van der Waals surface area contributed by atoms with Crippen LogP contribution in [-0.2, 0) is 20.9 Å². The van der Waals surface area contributed by atoms with Crippen LogP contribution in [0.5, 0.6) is 0 Å². The van der Waals surface area contributed by atoms with Crippen LogP contribution in [0.4, 0.5) is 0 Å². The Morgan fingerprint density at radius 1 is 1.33 bits per heavy atom. The molecule has 98 valence electrons. The van der Waals surface area contributed by atoms with Gasteiger partial charge in [-0.2, -0.15) is 0 Å². The lowest BCUT2D eigenvalue weighted by Gasteiger charge is -2.00. The van der Waals surface area contributed by atoms with E-state index >= 15 is 0 Å². The zero-order chi connectivity index (χ0) is 14.1. The normalized spacial score (nSPS) is 8.78. The van der Waals surface area contributed by atoms with Crippen LogP contribution in [0.15, 0.2) is 47.1 Å². The summed E-state index contributed by atoms with van der Waals surface area (Å²) in [6.07, 6.45) is 1.53. The summed E-state index contributed by atoms with van der Waals surface area (Å²) in [6.45, 7) is 9.82. The molecule has 0 saturated heterocycles. The number of carboxylic acids is 1. The number of carbonyl (C=O) groups excluding carboxylic acids is 1. The number of carbonyl (C=O) groups is 2. The molecule has 1 heterocycles. The molecule has 0 atom stereocenters. The fourth-order valence-corrected chi connectivity index (χ4v) is 0.655. The first-order valence-corrected chi connectivity index (χ1v) is 5.08. The van der Waals surface area contributed by atoms with Gasteiger partial charge in [-0.15, -0.1) is 0 Å². The maximum atomic E-state index is 10.9. The van der Waals surface area contributed by atoms with Gasteiger partial charge in [-0.25, -0.2) is 9.59 Å². The monoisotopic (exact) mass is 252 g/mol. The highest BCUT2D eigenvalue weighted by atomic mass is 16.5. The zero-order valence-corrected chi connectivity index (χ0v) is 10.4. The van der Waals surface area contributed by atoms with Crippen molar-refractivity contribution in [3.05, 3.63) is 48.5 Å². The molecule has 0 aromatic carbocycles. The Morgan fingerprint density at radius 2 is 1.89 bits per heavy atom. The smallest absolute Gasteiger partial charge is 0.333 e. The Morgan fingerprint density at radius 3 is 2.22 bits per heavy atom. The Labute approximate surface area is 105 Å². The van der Waals surface area contributed by atoms with Crippen molar-refractivity contribution in [1.82, 2.24) is 0 Å². The molecule has 1 rings (SSSR count). The highest BCUT2D eigenvalue weighted by Gasteiger charge is 2.03. The Hall–Kier alpha value is -2.30. The number of furan rings is 1. The first-order chi connectivity index (χ1) is 8.34. The van der Waals surface area contributed by atoms with Gasteiger partial charge in [0.1, 0.15) is 12.4 Å². The van der Waals surface area contributed by atoms with Gasteiger partial charge in [0.2, 0.25) is 0 Å². The van der Waals surface area contributed by atoms with Crippen molar-refractivity contribution in [3.63, 3.8) is 0 Å². The highest BCUT2D eigenvalue weighted by molar-refractivity contribution is 5.86. The molecular formula is C13H16O5. The van der Waals surface area contributed by atoms with Crippen LogP contribution in [-0.4, -0.2) is 17.0 Å². The van der Waals surface area contributed by atoms with Gasteiger partial charge >= 0.3 is 11.9 Å². The van der Waals surface area contributed by atoms with Crippen molar-refractivity contribution >= 4 is 11.9 Å². The van der Waals surface area contributed by atoms with Crippen LogP contribution in [0.3, 0.4) is 0 Å². The molecule has 1 aromatic heterocycles. The second-order valence-corrected chi connectivity index (χ2v) is 3.52. The quantitative estimate of drug-likeness (QED) is 0.658. The predicted octanol–water partition coefficient (Wildman–Crippen LogP) is 2.55. The van der Waals surface area contributed by atoms with Crippen molar-refractivity contribution in [2.24, 2.45) is 0 Å². The van der Waals surface area contributed by atoms with E-state index in [0.29, 0.717) is 11.3 Å². The Bertz CT molecular complexity index is 416. The third-order valence-electron chi connectivity index (χ3n) is 1.64. The van der Waals surface area contributed by atoms with Crippen LogP contribution in [0.1, 0.15) is 19.6 Å². The van der Waals surface area contributed by atoms with E-state index in [-0.39, 0.29) is 12.2 Å². The summed E-state index contributed by atoms with van der Waals surface area (Å²) in [6, 6.07) is 3.48. The average Bonchev–Trinajstić information content (AvgIpc) is 2.79. The molecule has 0 aliphatic rings. The molecule has 1 N–H and O–H groups in total. The van der Waals surface area contributed by atoms with Crippen LogP contribution >= 0.6 is 0 Å². The third-order valence-corrected chi connectivity index (χ3v) is 1.64. The zero-order valence-electron chi connectivity index (χ0n) is 10.4. The van der Waals surface area contributed by atoms with Crippen molar-refractivity contribution in [3.8, 4) is 0 Å². The minimum absolute atomic E-state index is 0.165. The summed E-state index contributed by atoms with van der Waals surface area (Å²) in [4.78, 5) is 20.5. The molecule has 0 bridgehead atoms. The molecule has 0 unspecified atom stereocenters. The SMILES string of the molecule is C=C(C)C(=O)O.C=C(C)C(=O)OCc1ccco1. The maximum absolute atomic E-state index is 10.9. The van der Waals surface area contributed by atoms with Crippen molar-refractivity contribution in [2.75, 3.05) is 0 Å². The third kappa shape index (κ3) is 7.05. The van der Waals surface area contributed by atoms with E-state index in [9.17, 15) is 9.59 Å². The molecule has 0 aliphatic heterocycles. The fraction of sp³-hybridized carbons (Fsp3) is 0.231. The molecular weight excluding hydrogens is 236 g/mol. The van der Waals surface area contributed by atoms with Crippen LogP contribution in [0, 0.1) is 0 Å². The Balaban J connectivity index is 0.000000411. The molecule has 0 fully saturated rings. The number of aliphatic carboxylic acids is 1. The number of rotatable bonds is 4. The van der Waals surface area contributed by atoms with E-state index in [1.54, 1.807) is 19.1 Å². The van der Waals surface area contributed by atoms with Crippen LogP contribution in [0.2, 0.25) is 0 Å². The van der Waals surface area contributed by atoms with Gasteiger partial charge in [0, 0.05) is 11.1 Å². The van der Waals surface area contributed by atoms with Crippen LogP contribution < -0.4 is 0 Å². The van der Waals surface area contributed by atoms with E-state index in [1.807, 2.05) is 0 Å². The van der Waals surface area contributed by atoms with Gasteiger partial charge in [-0.05, 0) is 26.0 Å². The predicted molar refractivity (Wildman–Crippen MR) is 65.8 cm³/mol. The topological polar surface area (TPSA) is 76.7 Å². The molecule has 5 nitrogen and oxygen atoms in total. The summed E-state index contributed by atoms with van der Waals surface area (Å²) in [5, 5.41) is 7.89. The van der Waals surface area contributed by atoms with Gasteiger partial charge in [-0.1, -0.05) is 13.2 Å². The number of hydrogen-bond acceptors (Lipinski definition) is 4. The minimum atomic E-state index is -0.935. The van der Waals surface area contributed by atoms with Gasteiger partial charge in [0.05, 0.1) is 6.26 Å². The lowest BCUT2D eigenvalue weighted by Crippen LogP contribution is -2.04. The van der Waals surface area contributed by atoms with Crippen LogP contribution in [0.25, 0.3) is 0 Å².